The lowest BCUT2D eigenvalue weighted by molar-refractivity contribution is -0.130. The van der Waals surface area contributed by atoms with E-state index in [4.69, 9.17) is 14.5 Å². The number of ether oxygens (including phenoxy) is 2. The number of hydrogen-bond donors (Lipinski definition) is 0. The van der Waals surface area contributed by atoms with Gasteiger partial charge in [-0.1, -0.05) is 0 Å². The van der Waals surface area contributed by atoms with Crippen molar-refractivity contribution in [2.75, 3.05) is 58.3 Å². The SMILES string of the molecule is C[C@H]1CN(c2ncc3c(n2)[C@]2(CCN(C(=O)CCCN(C)C)C2)COC3)C[C@H](C)O1. The van der Waals surface area contributed by atoms with Crippen molar-refractivity contribution >= 4 is 11.9 Å². The summed E-state index contributed by atoms with van der Waals surface area (Å²) in [6, 6.07) is 0. The Bertz CT molecular complexity index is 763. The summed E-state index contributed by atoms with van der Waals surface area (Å²) < 4.78 is 11.8. The lowest BCUT2D eigenvalue weighted by atomic mass is 9.80. The zero-order valence-corrected chi connectivity index (χ0v) is 18.8. The molecule has 0 radical (unpaired) electrons. The van der Waals surface area contributed by atoms with Crippen LogP contribution in [0.3, 0.4) is 0 Å². The molecule has 3 atom stereocenters. The van der Waals surface area contributed by atoms with E-state index in [2.05, 4.69) is 28.6 Å². The Morgan fingerprint density at radius 2 is 2.07 bits per heavy atom. The van der Waals surface area contributed by atoms with E-state index < -0.39 is 0 Å². The maximum atomic E-state index is 12.8. The van der Waals surface area contributed by atoms with Gasteiger partial charge in [0.1, 0.15) is 0 Å². The van der Waals surface area contributed by atoms with Crippen LogP contribution in [0.15, 0.2) is 6.20 Å². The summed E-state index contributed by atoms with van der Waals surface area (Å²) in [5.41, 5.74) is 1.92. The number of morpholine rings is 1. The number of likely N-dealkylation sites (tertiary alicyclic amines) is 1. The van der Waals surface area contributed by atoms with Gasteiger partial charge >= 0.3 is 0 Å². The highest BCUT2D eigenvalue weighted by molar-refractivity contribution is 5.76. The topological polar surface area (TPSA) is 71.0 Å². The van der Waals surface area contributed by atoms with E-state index in [0.29, 0.717) is 26.2 Å². The number of carbonyl (C=O) groups excluding carboxylic acids is 1. The molecule has 4 heterocycles. The summed E-state index contributed by atoms with van der Waals surface area (Å²) in [6.45, 7) is 9.33. The number of aromatic nitrogens is 2. The summed E-state index contributed by atoms with van der Waals surface area (Å²) in [4.78, 5) is 28.8. The first-order valence-corrected chi connectivity index (χ1v) is 11.1. The zero-order chi connectivity index (χ0) is 21.3. The Morgan fingerprint density at radius 3 is 2.80 bits per heavy atom. The lowest BCUT2D eigenvalue weighted by Crippen LogP contribution is -2.47. The van der Waals surface area contributed by atoms with Gasteiger partial charge in [-0.25, -0.2) is 9.97 Å². The van der Waals surface area contributed by atoms with Crippen LogP contribution in [0, 0.1) is 0 Å². The first-order valence-electron chi connectivity index (χ1n) is 11.1. The average Bonchev–Trinajstić information content (AvgIpc) is 3.12. The van der Waals surface area contributed by atoms with E-state index in [1.54, 1.807) is 0 Å². The van der Waals surface area contributed by atoms with Crippen molar-refractivity contribution in [3.8, 4) is 0 Å². The van der Waals surface area contributed by atoms with Crippen LogP contribution in [0.25, 0.3) is 0 Å². The molecule has 1 aromatic rings. The van der Waals surface area contributed by atoms with Crippen molar-refractivity contribution in [2.45, 2.75) is 57.3 Å². The first kappa shape index (κ1) is 21.5. The van der Waals surface area contributed by atoms with Gasteiger partial charge in [-0.05, 0) is 47.3 Å². The van der Waals surface area contributed by atoms with Crippen LogP contribution >= 0.6 is 0 Å². The molecule has 0 unspecified atom stereocenters. The quantitative estimate of drug-likeness (QED) is 0.718. The van der Waals surface area contributed by atoms with Crippen LogP contribution < -0.4 is 4.90 Å². The molecule has 30 heavy (non-hydrogen) atoms. The van der Waals surface area contributed by atoms with Gasteiger partial charge in [0.25, 0.3) is 0 Å². The molecule has 0 aliphatic carbocycles. The third-order valence-corrected chi connectivity index (χ3v) is 6.40. The van der Waals surface area contributed by atoms with Crippen molar-refractivity contribution in [3.63, 3.8) is 0 Å². The average molecular weight is 418 g/mol. The van der Waals surface area contributed by atoms with Gasteiger partial charge in [0.15, 0.2) is 0 Å². The second-order valence-corrected chi connectivity index (χ2v) is 9.45. The first-order chi connectivity index (χ1) is 14.4. The molecule has 166 valence electrons. The Labute approximate surface area is 179 Å². The maximum Gasteiger partial charge on any atom is 0.225 e. The number of carbonyl (C=O) groups is 1. The smallest absolute Gasteiger partial charge is 0.225 e. The van der Waals surface area contributed by atoms with Gasteiger partial charge in [-0.2, -0.15) is 0 Å². The predicted octanol–water partition coefficient (Wildman–Crippen LogP) is 1.43. The molecular weight excluding hydrogens is 382 g/mol. The Hall–Kier alpha value is -1.77. The number of anilines is 1. The molecule has 0 saturated carbocycles. The van der Waals surface area contributed by atoms with Gasteiger partial charge in [0, 0.05) is 44.4 Å². The molecule has 1 amide bonds. The number of hydrogen-bond acceptors (Lipinski definition) is 7. The van der Waals surface area contributed by atoms with Crippen LogP contribution in [0.4, 0.5) is 5.95 Å². The van der Waals surface area contributed by atoms with Crippen molar-refractivity contribution in [2.24, 2.45) is 0 Å². The van der Waals surface area contributed by atoms with Crippen LogP contribution in [-0.4, -0.2) is 91.3 Å². The van der Waals surface area contributed by atoms with Gasteiger partial charge in [-0.3, -0.25) is 4.79 Å². The Balaban J connectivity index is 1.51. The molecule has 2 saturated heterocycles. The summed E-state index contributed by atoms with van der Waals surface area (Å²) in [7, 11) is 4.08. The zero-order valence-electron chi connectivity index (χ0n) is 18.8. The van der Waals surface area contributed by atoms with E-state index in [1.165, 1.54) is 0 Å². The number of amides is 1. The van der Waals surface area contributed by atoms with Crippen LogP contribution in [0.1, 0.15) is 44.4 Å². The molecule has 8 nitrogen and oxygen atoms in total. The van der Waals surface area contributed by atoms with Gasteiger partial charge in [0.2, 0.25) is 11.9 Å². The Kier molecular flexibility index (Phi) is 6.27. The van der Waals surface area contributed by atoms with E-state index in [1.807, 2.05) is 25.2 Å². The van der Waals surface area contributed by atoms with Crippen molar-refractivity contribution in [3.05, 3.63) is 17.5 Å². The van der Waals surface area contributed by atoms with E-state index in [0.717, 1.165) is 56.2 Å². The highest BCUT2D eigenvalue weighted by Crippen LogP contribution is 2.39. The number of rotatable bonds is 5. The van der Waals surface area contributed by atoms with E-state index in [9.17, 15) is 4.79 Å². The van der Waals surface area contributed by atoms with E-state index in [-0.39, 0.29) is 23.5 Å². The van der Waals surface area contributed by atoms with Gasteiger partial charge in [-0.15, -0.1) is 0 Å². The molecule has 8 heteroatoms. The molecule has 1 aromatic heterocycles. The largest absolute Gasteiger partial charge is 0.376 e. The predicted molar refractivity (Wildman–Crippen MR) is 115 cm³/mol. The van der Waals surface area contributed by atoms with Crippen LogP contribution in [-0.2, 0) is 26.3 Å². The highest BCUT2D eigenvalue weighted by atomic mass is 16.5. The fourth-order valence-corrected chi connectivity index (χ4v) is 4.98. The minimum atomic E-state index is -0.216. The molecular formula is C22H35N5O3. The molecule has 0 bridgehead atoms. The summed E-state index contributed by atoms with van der Waals surface area (Å²) in [5, 5.41) is 0. The third-order valence-electron chi connectivity index (χ3n) is 6.40. The summed E-state index contributed by atoms with van der Waals surface area (Å²) >= 11 is 0. The minimum Gasteiger partial charge on any atom is -0.376 e. The van der Waals surface area contributed by atoms with Crippen LogP contribution in [0.5, 0.6) is 0 Å². The second-order valence-electron chi connectivity index (χ2n) is 9.45. The fourth-order valence-electron chi connectivity index (χ4n) is 4.98. The molecule has 4 rings (SSSR count). The fraction of sp³-hybridized carbons (Fsp3) is 0.773. The maximum absolute atomic E-state index is 12.8. The van der Waals surface area contributed by atoms with Crippen molar-refractivity contribution in [1.82, 2.24) is 19.8 Å². The third kappa shape index (κ3) is 4.45. The second kappa shape index (κ2) is 8.77. The van der Waals surface area contributed by atoms with Gasteiger partial charge < -0.3 is 24.2 Å². The van der Waals surface area contributed by atoms with Crippen molar-refractivity contribution in [1.29, 1.82) is 0 Å². The normalized spacial score (nSPS) is 29.0. The molecule has 0 aromatic carbocycles. The Morgan fingerprint density at radius 1 is 1.30 bits per heavy atom. The monoisotopic (exact) mass is 417 g/mol. The summed E-state index contributed by atoms with van der Waals surface area (Å²) in [6.07, 6.45) is 4.62. The van der Waals surface area contributed by atoms with Crippen molar-refractivity contribution < 1.29 is 14.3 Å². The minimum absolute atomic E-state index is 0.160. The summed E-state index contributed by atoms with van der Waals surface area (Å²) in [5.74, 6) is 1.01. The number of nitrogens with zero attached hydrogens (tertiary/aromatic N) is 5. The molecule has 1 spiro atoms. The van der Waals surface area contributed by atoms with E-state index >= 15 is 0 Å². The molecule has 2 fully saturated rings. The highest BCUT2D eigenvalue weighted by Gasteiger charge is 2.46. The number of fused-ring (bicyclic) bond motifs is 2. The molecule has 0 N–H and O–H groups in total. The molecule has 3 aliphatic heterocycles. The molecule has 3 aliphatic rings. The lowest BCUT2D eigenvalue weighted by Gasteiger charge is -2.38. The standard InChI is InChI=1S/C22H35N5O3/c1-16-11-27(12-17(2)30-16)21-23-10-18-13-29-15-22(20(18)24-21)7-9-26(14-22)19(28)6-5-8-25(3)4/h10,16-17H,5-9,11-15H2,1-4H3/t16-,17-,22-/m0/s1. The van der Waals surface area contributed by atoms with Crippen LogP contribution in [0.2, 0.25) is 0 Å². The van der Waals surface area contributed by atoms with Gasteiger partial charge in [0.05, 0.1) is 36.5 Å².